The maximum absolute atomic E-state index is 15.0. The molecule has 5 atom stereocenters. The summed E-state index contributed by atoms with van der Waals surface area (Å²) in [5.74, 6) is 1.32. The highest BCUT2D eigenvalue weighted by atomic mass is 32.1. The van der Waals surface area contributed by atoms with Gasteiger partial charge in [-0.05, 0) is 109 Å². The Bertz CT molecular complexity index is 3360. The van der Waals surface area contributed by atoms with E-state index in [1.54, 1.807) is 18.2 Å². The minimum atomic E-state index is -5.92. The number of benzene rings is 2. The Morgan fingerprint density at radius 1 is 0.889 bits per heavy atom. The normalized spacial score (nSPS) is 19.7. The Morgan fingerprint density at radius 3 is 2.33 bits per heavy atom. The van der Waals surface area contributed by atoms with E-state index in [1.165, 1.54) is 49.5 Å². The third kappa shape index (κ3) is 13.1. The van der Waals surface area contributed by atoms with Crippen molar-refractivity contribution in [2.45, 2.75) is 126 Å². The summed E-state index contributed by atoms with van der Waals surface area (Å²) >= 11 is 3.72. The average Bonchev–Trinajstić information content (AvgIpc) is 4.53. The van der Waals surface area contributed by atoms with Gasteiger partial charge in [-0.25, -0.2) is 0 Å². The summed E-state index contributed by atoms with van der Waals surface area (Å²) in [5, 5.41) is 14.6. The summed E-state index contributed by atoms with van der Waals surface area (Å²) in [6.45, 7) is 0.0140. The summed E-state index contributed by atoms with van der Waals surface area (Å²) < 4.78 is 41.4. The lowest BCUT2D eigenvalue weighted by atomic mass is 10.0. The van der Waals surface area contributed by atoms with Crippen LogP contribution in [-0.4, -0.2) is 121 Å². The number of alkyl halides is 2. The molecule has 4 aliphatic heterocycles. The number of fused-ring (bicyclic) bond motifs is 3. The predicted octanol–water partition coefficient (Wildman–Crippen LogP) is 5.36. The Morgan fingerprint density at radius 2 is 1.64 bits per heavy atom. The van der Waals surface area contributed by atoms with Gasteiger partial charge in [0.1, 0.15) is 24.2 Å². The number of imide groups is 1. The Kier molecular flexibility index (Phi) is 18.0. The standard InChI is InChI=1S/C55H57F2N8O12PS3/c56-55(57,78(75,76)77)33-15-20-41-32(27-33)28-44(81-41)52(72)60-38-30-63(47(68)14-5-3-1-2-4-9-31-10-6-11-35-36(31)29-64(53(35)73)39-19-22-46(67)61-50(39)70)24-23-34-16-18-40(65(34)54(38)74)51(71)59-37(17-21-45(58)66)49(69)62-48(42-12-7-25-79-42)43-13-8-26-80-43/h6-8,10-13,15,20,25-28,34,37-40,48H,1-3,5,14,16-19,21-24,29-30H2,(H2,58,66)(H,59,71)(H,60,72)(H,62,69)(H,61,67,70)(H2,75,76,77)/t34-,37?,38+,39?,40+/m1/s1. The monoisotopic (exact) mass is 1190 g/mol. The number of nitrogens with zero attached hydrogens (tertiary/aromatic N) is 3. The maximum atomic E-state index is 15.0. The van der Waals surface area contributed by atoms with Crippen molar-refractivity contribution in [1.82, 2.24) is 36.0 Å². The average molecular weight is 1190 g/mol. The third-order valence-electron chi connectivity index (χ3n) is 14.9. The fourth-order valence-corrected chi connectivity index (χ4v) is 13.7. The molecular weight excluding hydrogens is 1130 g/mol. The number of halogens is 2. The number of thiophene rings is 3. The molecule has 426 valence electrons. The van der Waals surface area contributed by atoms with Crippen LogP contribution >= 0.6 is 41.6 Å². The van der Waals surface area contributed by atoms with E-state index in [0.717, 1.165) is 33.2 Å². The number of piperidine rings is 1. The number of hydrogen-bond donors (Lipinski definition) is 7. The van der Waals surface area contributed by atoms with Crippen molar-refractivity contribution in [3.63, 3.8) is 0 Å². The van der Waals surface area contributed by atoms with Gasteiger partial charge in [0.2, 0.25) is 41.4 Å². The second-order valence-corrected chi connectivity index (χ2v) is 24.9. The number of amides is 9. The number of nitrogens with two attached hydrogens (primary N) is 1. The van der Waals surface area contributed by atoms with Gasteiger partial charge >= 0.3 is 13.3 Å². The number of nitrogens with one attached hydrogen (secondary N) is 4. The van der Waals surface area contributed by atoms with E-state index in [1.807, 2.05) is 35.0 Å². The van der Waals surface area contributed by atoms with E-state index in [0.29, 0.717) is 53.5 Å². The molecule has 2 unspecified atom stereocenters. The van der Waals surface area contributed by atoms with Crippen molar-refractivity contribution in [3.05, 3.63) is 114 Å². The molecule has 7 heterocycles. The zero-order valence-electron chi connectivity index (χ0n) is 43.4. The van der Waals surface area contributed by atoms with Gasteiger partial charge < -0.3 is 46.2 Å². The molecular formula is C55H57F2N8O12PS3. The summed E-state index contributed by atoms with van der Waals surface area (Å²) in [4.78, 5) is 146. The smallest absolute Gasteiger partial charge is 0.370 e. The van der Waals surface area contributed by atoms with E-state index < -0.39 is 90.5 Å². The molecule has 2 aromatic carbocycles. The van der Waals surface area contributed by atoms with Crippen LogP contribution in [0, 0.1) is 11.8 Å². The Labute approximate surface area is 475 Å². The van der Waals surface area contributed by atoms with Gasteiger partial charge in [-0.2, -0.15) is 8.78 Å². The van der Waals surface area contributed by atoms with Crippen LogP contribution in [0.15, 0.2) is 77.5 Å². The number of hydrogen-bond acceptors (Lipinski definition) is 13. The fourth-order valence-electron chi connectivity index (χ4n) is 10.7. The molecule has 9 amide bonds. The van der Waals surface area contributed by atoms with Crippen LogP contribution in [0.5, 0.6) is 0 Å². The van der Waals surface area contributed by atoms with Gasteiger partial charge in [0, 0.05) is 82.5 Å². The molecule has 0 saturated carbocycles. The Balaban J connectivity index is 0.881. The maximum Gasteiger partial charge on any atom is 0.399 e. The van der Waals surface area contributed by atoms with Crippen LogP contribution in [0.2, 0.25) is 0 Å². The van der Waals surface area contributed by atoms with Crippen molar-refractivity contribution in [2.24, 2.45) is 5.73 Å². The van der Waals surface area contributed by atoms with Crippen LogP contribution < -0.4 is 27.0 Å². The Hall–Kier alpha value is -7.20. The van der Waals surface area contributed by atoms with Crippen molar-refractivity contribution in [3.8, 4) is 11.8 Å². The number of rotatable bonds is 19. The lowest BCUT2D eigenvalue weighted by molar-refractivity contribution is -0.145. The highest BCUT2D eigenvalue weighted by Gasteiger charge is 2.51. The molecule has 0 radical (unpaired) electrons. The summed E-state index contributed by atoms with van der Waals surface area (Å²) in [6.07, 6.45) is 2.94. The lowest BCUT2D eigenvalue weighted by Crippen LogP contribution is -2.62. The van der Waals surface area contributed by atoms with Crippen molar-refractivity contribution in [2.75, 3.05) is 13.1 Å². The molecule has 5 aromatic rings. The number of carbonyl (C=O) groups excluding carboxylic acids is 9. The van der Waals surface area contributed by atoms with Gasteiger partial charge in [0.25, 0.3) is 11.8 Å². The van der Waals surface area contributed by atoms with E-state index in [-0.39, 0.29) is 92.6 Å². The molecule has 0 spiro atoms. The molecule has 20 nitrogen and oxygen atoms in total. The minimum Gasteiger partial charge on any atom is -0.370 e. The molecule has 0 bridgehead atoms. The van der Waals surface area contributed by atoms with Gasteiger partial charge in [0.05, 0.1) is 10.9 Å². The first kappa shape index (κ1) is 58.5. The zero-order chi connectivity index (χ0) is 57.8. The zero-order valence-corrected chi connectivity index (χ0v) is 46.7. The number of carbonyl (C=O) groups is 9. The first-order valence-corrected chi connectivity index (χ1v) is 30.5. The van der Waals surface area contributed by atoms with E-state index in [9.17, 15) is 66.3 Å². The molecule has 8 N–H and O–H groups in total. The predicted molar refractivity (Wildman–Crippen MR) is 295 cm³/mol. The summed E-state index contributed by atoms with van der Waals surface area (Å²) in [7, 11) is -5.92. The molecule has 9 rings (SSSR count). The van der Waals surface area contributed by atoms with Crippen LogP contribution in [-0.2, 0) is 50.3 Å². The first-order valence-electron chi connectivity index (χ1n) is 26.3. The van der Waals surface area contributed by atoms with Crippen molar-refractivity contribution >= 4 is 105 Å². The quantitative estimate of drug-likeness (QED) is 0.0238. The second kappa shape index (κ2) is 24.9. The number of primary amides is 1. The van der Waals surface area contributed by atoms with Crippen molar-refractivity contribution < 1.29 is 66.3 Å². The minimum absolute atomic E-state index is 0.0456. The molecule has 3 fully saturated rings. The summed E-state index contributed by atoms with van der Waals surface area (Å²) in [6, 6.07) is 11.0. The highest BCUT2D eigenvalue weighted by molar-refractivity contribution is 7.52. The van der Waals surface area contributed by atoms with Crippen LogP contribution in [0.3, 0.4) is 0 Å². The highest BCUT2D eigenvalue weighted by Crippen LogP contribution is 2.59. The second-order valence-electron chi connectivity index (χ2n) is 20.2. The van der Waals surface area contributed by atoms with Gasteiger partial charge in [-0.3, -0.25) is 53.0 Å². The fraction of sp³-hybridized carbons (Fsp3) is 0.400. The lowest BCUT2D eigenvalue weighted by Gasteiger charge is -2.39. The molecule has 81 heavy (non-hydrogen) atoms. The van der Waals surface area contributed by atoms with E-state index in [4.69, 9.17) is 5.73 Å². The first-order chi connectivity index (χ1) is 38.7. The van der Waals surface area contributed by atoms with E-state index >= 15 is 0 Å². The largest absolute Gasteiger partial charge is 0.399 e. The van der Waals surface area contributed by atoms with E-state index in [2.05, 4.69) is 33.1 Å². The molecule has 26 heteroatoms. The third-order valence-corrected chi connectivity index (χ3v) is 18.8. The molecule has 3 aromatic heterocycles. The van der Waals surface area contributed by atoms with Crippen molar-refractivity contribution in [1.29, 1.82) is 0 Å². The van der Waals surface area contributed by atoms with Gasteiger partial charge in [-0.15, -0.1) is 34.0 Å². The van der Waals surface area contributed by atoms with Gasteiger partial charge in [0.15, 0.2) is 0 Å². The summed E-state index contributed by atoms with van der Waals surface area (Å²) in [5.41, 5.74) is 1.83. The number of unbranched alkanes of at least 4 members (excludes halogenated alkanes) is 3. The SMILES string of the molecule is NC(=O)CCC(NC(=O)[C@@H]1CC[C@@H]2CCN(C(=O)CCCCCC#Cc3cccc4c3CN(C3CCC(=O)NC3=O)C4=O)C[C@H](NC(=O)c3cc4cc(C(F)(F)P(=O)(O)O)ccc4s3)C(=O)N21)C(=O)NC(c1cccs1)c1cccs1. The van der Waals surface area contributed by atoms with Crippen LogP contribution in [0.4, 0.5) is 8.78 Å². The molecule has 3 saturated heterocycles. The molecule has 0 aliphatic carbocycles. The topological polar surface area (TPSA) is 295 Å². The molecule has 4 aliphatic rings. The van der Waals surface area contributed by atoms with Crippen LogP contribution in [0.25, 0.3) is 10.1 Å². The van der Waals surface area contributed by atoms with Gasteiger partial charge in [-0.1, -0.05) is 42.5 Å². The van der Waals surface area contributed by atoms with Crippen LogP contribution in [0.1, 0.15) is 130 Å².